The Bertz CT molecular complexity index is 983. The molecule has 0 aliphatic rings. The maximum atomic E-state index is 14.2. The first kappa shape index (κ1) is 17.8. The quantitative estimate of drug-likeness (QED) is 0.610. The van der Waals surface area contributed by atoms with Gasteiger partial charge in [0.05, 0.1) is 17.6 Å². The highest BCUT2D eigenvalue weighted by Crippen LogP contribution is 2.23. The minimum absolute atomic E-state index is 0.186. The minimum atomic E-state index is -5.13. The van der Waals surface area contributed by atoms with Crippen molar-refractivity contribution in [3.05, 3.63) is 72.3 Å². The van der Waals surface area contributed by atoms with Gasteiger partial charge in [-0.2, -0.15) is 8.42 Å². The highest BCUT2D eigenvalue weighted by atomic mass is 32.3. The van der Waals surface area contributed by atoms with Crippen molar-refractivity contribution >= 4 is 10.5 Å². The number of aromatic nitrogens is 2. The molecule has 3 aromatic rings. The number of benzene rings is 2. The molecule has 0 unspecified atom stereocenters. The maximum absolute atomic E-state index is 14.2. The highest BCUT2D eigenvalue weighted by Gasteiger charge is 2.14. The van der Waals surface area contributed by atoms with Gasteiger partial charge in [-0.05, 0) is 36.4 Å². The topological polar surface area (TPSA) is 70.4 Å². The summed E-state index contributed by atoms with van der Waals surface area (Å²) >= 11 is 0. The Kier molecular flexibility index (Phi) is 4.85. The van der Waals surface area contributed by atoms with Crippen molar-refractivity contribution in [3.8, 4) is 17.2 Å². The molecule has 10 heteroatoms. The van der Waals surface area contributed by atoms with E-state index in [9.17, 15) is 21.1 Å². The molecule has 0 bridgehead atoms. The normalized spacial score (nSPS) is 11.3. The predicted molar refractivity (Wildman–Crippen MR) is 84.9 cm³/mol. The van der Waals surface area contributed by atoms with Crippen LogP contribution in [-0.4, -0.2) is 18.0 Å². The van der Waals surface area contributed by atoms with Crippen molar-refractivity contribution in [3.63, 3.8) is 0 Å². The second kappa shape index (κ2) is 7.08. The van der Waals surface area contributed by atoms with E-state index in [4.69, 9.17) is 4.74 Å². The molecule has 136 valence electrons. The molecular formula is C16H11F3N2O4S. The fraction of sp³-hybridized carbons (Fsp3) is 0.0625. The largest absolute Gasteiger partial charge is 0.489 e. The molecule has 0 aliphatic heterocycles. The van der Waals surface area contributed by atoms with Crippen LogP contribution in [0.5, 0.6) is 11.5 Å². The standard InChI is InChI=1S/C16H11F3N2O4S/c17-15-7-11(21-6-5-20-10-21)8-16(18)14(15)9-24-12-1-3-13(4-2-12)25-26(19,22)23/h1-8,10H,9H2. The van der Waals surface area contributed by atoms with E-state index in [-0.39, 0.29) is 22.7 Å². The van der Waals surface area contributed by atoms with E-state index in [0.717, 1.165) is 24.3 Å². The van der Waals surface area contributed by atoms with Gasteiger partial charge in [0, 0.05) is 12.4 Å². The van der Waals surface area contributed by atoms with Crippen LogP contribution in [0.1, 0.15) is 5.56 Å². The van der Waals surface area contributed by atoms with Crippen LogP contribution in [0.25, 0.3) is 5.69 Å². The SMILES string of the molecule is O=S(=O)(F)Oc1ccc(OCc2c(F)cc(-n3ccnc3)cc2F)cc1. The summed E-state index contributed by atoms with van der Waals surface area (Å²) in [5.41, 5.74) is -0.00397. The van der Waals surface area contributed by atoms with Crippen molar-refractivity contribution in [2.24, 2.45) is 0 Å². The van der Waals surface area contributed by atoms with Gasteiger partial charge in [0.1, 0.15) is 29.7 Å². The van der Waals surface area contributed by atoms with Crippen LogP contribution in [0.3, 0.4) is 0 Å². The molecular weight excluding hydrogens is 373 g/mol. The average molecular weight is 384 g/mol. The number of ether oxygens (including phenoxy) is 1. The Morgan fingerprint density at radius 3 is 2.19 bits per heavy atom. The lowest BCUT2D eigenvalue weighted by molar-refractivity contribution is 0.292. The van der Waals surface area contributed by atoms with Crippen LogP contribution in [0.15, 0.2) is 55.1 Å². The second-order valence-corrected chi connectivity index (χ2v) is 6.05. The van der Waals surface area contributed by atoms with Crippen molar-refractivity contribution in [1.29, 1.82) is 0 Å². The zero-order chi connectivity index (χ0) is 18.7. The van der Waals surface area contributed by atoms with Crippen molar-refractivity contribution in [2.75, 3.05) is 0 Å². The Labute approximate surface area is 146 Å². The summed E-state index contributed by atoms with van der Waals surface area (Å²) in [6.07, 6.45) is 4.44. The van der Waals surface area contributed by atoms with Crippen LogP contribution in [0.4, 0.5) is 12.7 Å². The Hall–Kier alpha value is -3.01. The minimum Gasteiger partial charge on any atom is -0.489 e. The zero-order valence-electron chi connectivity index (χ0n) is 13.0. The van der Waals surface area contributed by atoms with Gasteiger partial charge >= 0.3 is 10.5 Å². The third kappa shape index (κ3) is 4.33. The zero-order valence-corrected chi connectivity index (χ0v) is 13.8. The lowest BCUT2D eigenvalue weighted by Gasteiger charge is -2.11. The Morgan fingerprint density at radius 1 is 1.04 bits per heavy atom. The van der Waals surface area contributed by atoms with Gasteiger partial charge in [-0.3, -0.25) is 0 Å². The molecule has 0 N–H and O–H groups in total. The summed E-state index contributed by atoms with van der Waals surface area (Å²) in [5, 5.41) is 0. The van der Waals surface area contributed by atoms with Gasteiger partial charge in [-0.25, -0.2) is 13.8 Å². The average Bonchev–Trinajstić information content (AvgIpc) is 3.08. The van der Waals surface area contributed by atoms with Gasteiger partial charge in [0.25, 0.3) is 0 Å². The van der Waals surface area contributed by atoms with E-state index in [2.05, 4.69) is 9.17 Å². The second-order valence-electron chi connectivity index (χ2n) is 5.09. The summed E-state index contributed by atoms with van der Waals surface area (Å²) in [7, 11) is -5.13. The van der Waals surface area contributed by atoms with Crippen LogP contribution < -0.4 is 8.92 Å². The van der Waals surface area contributed by atoms with Crippen LogP contribution >= 0.6 is 0 Å². The molecule has 26 heavy (non-hydrogen) atoms. The summed E-state index contributed by atoms with van der Waals surface area (Å²) in [4.78, 5) is 3.81. The first-order chi connectivity index (χ1) is 12.3. The lowest BCUT2D eigenvalue weighted by atomic mass is 10.2. The monoisotopic (exact) mass is 384 g/mol. The van der Waals surface area contributed by atoms with E-state index in [0.29, 0.717) is 0 Å². The van der Waals surface area contributed by atoms with Crippen LogP contribution in [-0.2, 0) is 17.1 Å². The number of rotatable bonds is 6. The molecule has 0 radical (unpaired) electrons. The molecule has 1 aromatic heterocycles. The maximum Gasteiger partial charge on any atom is 0.488 e. The first-order valence-corrected chi connectivity index (χ1v) is 8.46. The van der Waals surface area contributed by atoms with Gasteiger partial charge in [-0.1, -0.05) is 3.89 Å². The van der Waals surface area contributed by atoms with Crippen molar-refractivity contribution < 1.29 is 30.0 Å². The summed E-state index contributed by atoms with van der Waals surface area (Å²) in [5.74, 6) is -1.66. The van der Waals surface area contributed by atoms with Gasteiger partial charge in [0.2, 0.25) is 0 Å². The van der Waals surface area contributed by atoms with Gasteiger partial charge in [0.15, 0.2) is 0 Å². The Balaban J connectivity index is 1.72. The molecule has 0 atom stereocenters. The number of nitrogens with zero attached hydrogens (tertiary/aromatic N) is 2. The predicted octanol–water partition coefficient (Wildman–Crippen LogP) is 3.32. The fourth-order valence-corrected chi connectivity index (χ4v) is 2.49. The molecule has 0 spiro atoms. The number of imidazole rings is 1. The fourth-order valence-electron chi connectivity index (χ4n) is 2.15. The number of hydrogen-bond donors (Lipinski definition) is 0. The third-order valence-electron chi connectivity index (χ3n) is 3.33. The van der Waals surface area contributed by atoms with Gasteiger partial charge in [-0.15, -0.1) is 0 Å². The lowest BCUT2D eigenvalue weighted by Crippen LogP contribution is -2.04. The molecule has 6 nitrogen and oxygen atoms in total. The summed E-state index contributed by atoms with van der Waals surface area (Å²) in [6.45, 7) is -0.399. The van der Waals surface area contributed by atoms with E-state index in [1.54, 1.807) is 6.20 Å². The van der Waals surface area contributed by atoms with Crippen molar-refractivity contribution in [2.45, 2.75) is 6.61 Å². The van der Waals surface area contributed by atoms with E-state index < -0.39 is 28.7 Å². The Morgan fingerprint density at radius 2 is 1.65 bits per heavy atom. The van der Waals surface area contributed by atoms with Crippen molar-refractivity contribution in [1.82, 2.24) is 9.55 Å². The van der Waals surface area contributed by atoms with Crippen LogP contribution in [0.2, 0.25) is 0 Å². The summed E-state index contributed by atoms with van der Waals surface area (Å²) in [6, 6.07) is 7.12. The van der Waals surface area contributed by atoms with Gasteiger partial charge < -0.3 is 13.5 Å². The van der Waals surface area contributed by atoms with E-state index in [1.807, 2.05) is 0 Å². The number of halogens is 3. The molecule has 0 fully saturated rings. The van der Waals surface area contributed by atoms with E-state index >= 15 is 0 Å². The molecule has 3 rings (SSSR count). The van der Waals surface area contributed by atoms with Crippen LogP contribution in [0, 0.1) is 11.6 Å². The third-order valence-corrected chi connectivity index (χ3v) is 3.72. The molecule has 0 saturated carbocycles. The molecule has 1 heterocycles. The summed E-state index contributed by atoms with van der Waals surface area (Å²) < 4.78 is 72.2. The molecule has 2 aromatic carbocycles. The first-order valence-electron chi connectivity index (χ1n) is 7.15. The molecule has 0 saturated heterocycles. The highest BCUT2D eigenvalue weighted by molar-refractivity contribution is 7.81. The molecule has 0 aliphatic carbocycles. The smallest absolute Gasteiger partial charge is 0.488 e. The number of hydrogen-bond acceptors (Lipinski definition) is 5. The van der Waals surface area contributed by atoms with E-state index in [1.165, 1.54) is 29.2 Å². The molecule has 0 amide bonds.